The summed E-state index contributed by atoms with van der Waals surface area (Å²) in [6, 6.07) is 11.8. The first kappa shape index (κ1) is 16.0. The highest BCUT2D eigenvalue weighted by Crippen LogP contribution is 2.22. The van der Waals surface area contributed by atoms with Crippen LogP contribution < -0.4 is 4.74 Å². The fourth-order valence-corrected chi connectivity index (χ4v) is 1.88. The van der Waals surface area contributed by atoms with Crippen molar-refractivity contribution in [3.63, 3.8) is 0 Å². The number of oxime groups is 1. The van der Waals surface area contributed by atoms with Crippen molar-refractivity contribution < 1.29 is 14.4 Å². The first-order chi connectivity index (χ1) is 10.3. The maximum atomic E-state index is 11.7. The van der Waals surface area contributed by atoms with E-state index in [0.29, 0.717) is 5.71 Å². The number of carbonyl (C=O) groups is 1. The SMILES string of the molecule is COc1ccc2cc(/C(C)=N\OC(=O)C(C)(C)C)ccc2c1. The van der Waals surface area contributed by atoms with E-state index in [2.05, 4.69) is 5.16 Å². The zero-order valence-electron chi connectivity index (χ0n) is 13.6. The number of methoxy groups -OCH3 is 1. The highest BCUT2D eigenvalue weighted by Gasteiger charge is 2.23. The third kappa shape index (κ3) is 3.64. The Morgan fingerprint density at radius 1 is 1.05 bits per heavy atom. The molecule has 2 aromatic rings. The van der Waals surface area contributed by atoms with E-state index in [1.807, 2.05) is 43.3 Å². The Labute approximate surface area is 130 Å². The molecule has 2 rings (SSSR count). The lowest BCUT2D eigenvalue weighted by Crippen LogP contribution is -2.21. The lowest BCUT2D eigenvalue weighted by molar-refractivity contribution is -0.152. The molecule has 0 amide bonds. The molecule has 0 atom stereocenters. The van der Waals surface area contributed by atoms with Gasteiger partial charge >= 0.3 is 5.97 Å². The molecule has 22 heavy (non-hydrogen) atoms. The van der Waals surface area contributed by atoms with Crippen molar-refractivity contribution >= 4 is 22.5 Å². The van der Waals surface area contributed by atoms with Crippen LogP contribution in [0.2, 0.25) is 0 Å². The molecule has 0 N–H and O–H groups in total. The number of fused-ring (bicyclic) bond motifs is 1. The zero-order valence-corrected chi connectivity index (χ0v) is 13.6. The normalized spacial score (nSPS) is 12.3. The van der Waals surface area contributed by atoms with Gasteiger partial charge in [0, 0.05) is 0 Å². The van der Waals surface area contributed by atoms with E-state index >= 15 is 0 Å². The molecule has 0 aliphatic heterocycles. The van der Waals surface area contributed by atoms with Gasteiger partial charge in [0.05, 0.1) is 18.2 Å². The zero-order chi connectivity index (χ0) is 16.3. The molecule has 0 aliphatic rings. The van der Waals surface area contributed by atoms with Gasteiger partial charge in [0.15, 0.2) is 0 Å². The molecule has 0 heterocycles. The van der Waals surface area contributed by atoms with Crippen LogP contribution in [-0.2, 0) is 9.63 Å². The number of ether oxygens (including phenoxy) is 1. The van der Waals surface area contributed by atoms with Gasteiger partial charge in [0.2, 0.25) is 0 Å². The number of nitrogens with zero attached hydrogens (tertiary/aromatic N) is 1. The van der Waals surface area contributed by atoms with E-state index in [9.17, 15) is 4.79 Å². The standard InChI is InChI=1S/C18H21NO3/c1-12(19-22-17(20)18(2,3)4)13-6-7-15-11-16(21-5)9-8-14(15)10-13/h6-11H,1-5H3/b19-12-. The molecule has 0 saturated carbocycles. The van der Waals surface area contributed by atoms with Crippen molar-refractivity contribution in [3.8, 4) is 5.75 Å². The van der Waals surface area contributed by atoms with E-state index in [1.54, 1.807) is 27.9 Å². The second-order valence-corrected chi connectivity index (χ2v) is 6.23. The van der Waals surface area contributed by atoms with Crippen LogP contribution in [0.15, 0.2) is 41.6 Å². The number of carbonyl (C=O) groups excluding carboxylic acids is 1. The third-order valence-electron chi connectivity index (χ3n) is 3.34. The first-order valence-corrected chi connectivity index (χ1v) is 7.15. The van der Waals surface area contributed by atoms with Crippen LogP contribution in [0.1, 0.15) is 33.3 Å². The summed E-state index contributed by atoms with van der Waals surface area (Å²) in [4.78, 5) is 16.7. The minimum absolute atomic E-state index is 0.350. The maximum absolute atomic E-state index is 11.7. The predicted molar refractivity (Wildman–Crippen MR) is 88.3 cm³/mol. The van der Waals surface area contributed by atoms with Gasteiger partial charge in [-0.05, 0) is 62.2 Å². The number of rotatable bonds is 3. The van der Waals surface area contributed by atoms with Gasteiger partial charge in [-0.2, -0.15) is 0 Å². The number of hydrogen-bond donors (Lipinski definition) is 0. The highest BCUT2D eigenvalue weighted by molar-refractivity contribution is 6.02. The van der Waals surface area contributed by atoms with E-state index < -0.39 is 5.41 Å². The Balaban J connectivity index is 2.25. The average molecular weight is 299 g/mol. The lowest BCUT2D eigenvalue weighted by Gasteiger charge is -2.13. The summed E-state index contributed by atoms with van der Waals surface area (Å²) in [5.41, 5.74) is 1.01. The molecule has 0 fully saturated rings. The first-order valence-electron chi connectivity index (χ1n) is 7.15. The van der Waals surface area contributed by atoms with Crippen LogP contribution in [0.3, 0.4) is 0 Å². The summed E-state index contributed by atoms with van der Waals surface area (Å²) in [6.45, 7) is 7.21. The molecule has 0 aromatic heterocycles. The summed E-state index contributed by atoms with van der Waals surface area (Å²) >= 11 is 0. The molecule has 0 unspecified atom stereocenters. The molecule has 4 heteroatoms. The summed E-state index contributed by atoms with van der Waals surface area (Å²) in [5, 5.41) is 6.11. The van der Waals surface area contributed by atoms with E-state index in [0.717, 1.165) is 22.1 Å². The molecule has 2 aromatic carbocycles. The van der Waals surface area contributed by atoms with Crippen LogP contribution in [0.25, 0.3) is 10.8 Å². The second kappa shape index (κ2) is 6.18. The smallest absolute Gasteiger partial charge is 0.340 e. The number of hydrogen-bond acceptors (Lipinski definition) is 4. The van der Waals surface area contributed by atoms with Crippen LogP contribution >= 0.6 is 0 Å². The van der Waals surface area contributed by atoms with Crippen molar-refractivity contribution in [1.29, 1.82) is 0 Å². The summed E-state index contributed by atoms with van der Waals surface area (Å²) in [7, 11) is 1.65. The molecular formula is C18H21NO3. The monoisotopic (exact) mass is 299 g/mol. The Morgan fingerprint density at radius 2 is 1.68 bits per heavy atom. The largest absolute Gasteiger partial charge is 0.497 e. The van der Waals surface area contributed by atoms with Gasteiger partial charge in [-0.15, -0.1) is 0 Å². The Bertz CT molecular complexity index is 727. The Morgan fingerprint density at radius 3 is 2.32 bits per heavy atom. The topological polar surface area (TPSA) is 47.9 Å². The van der Waals surface area contributed by atoms with Gasteiger partial charge in [0.1, 0.15) is 5.75 Å². The molecule has 0 bridgehead atoms. The summed E-state index contributed by atoms with van der Waals surface area (Å²) in [6.07, 6.45) is 0. The molecular weight excluding hydrogens is 278 g/mol. The van der Waals surface area contributed by atoms with Gasteiger partial charge in [-0.3, -0.25) is 0 Å². The molecule has 0 spiro atoms. The van der Waals surface area contributed by atoms with Crippen molar-refractivity contribution in [2.45, 2.75) is 27.7 Å². The lowest BCUT2D eigenvalue weighted by atomic mass is 9.98. The van der Waals surface area contributed by atoms with Gasteiger partial charge in [-0.1, -0.05) is 23.4 Å². The second-order valence-electron chi connectivity index (χ2n) is 6.23. The van der Waals surface area contributed by atoms with Crippen molar-refractivity contribution in [1.82, 2.24) is 0 Å². The van der Waals surface area contributed by atoms with E-state index in [-0.39, 0.29) is 5.97 Å². The molecule has 0 aliphatic carbocycles. The summed E-state index contributed by atoms with van der Waals surface area (Å²) < 4.78 is 5.22. The Hall–Kier alpha value is -2.36. The average Bonchev–Trinajstić information content (AvgIpc) is 2.50. The van der Waals surface area contributed by atoms with Crippen LogP contribution in [-0.4, -0.2) is 18.8 Å². The van der Waals surface area contributed by atoms with Crippen molar-refractivity contribution in [2.24, 2.45) is 10.6 Å². The van der Waals surface area contributed by atoms with E-state index in [4.69, 9.17) is 9.57 Å². The maximum Gasteiger partial charge on any atom is 0.340 e. The van der Waals surface area contributed by atoms with Gasteiger partial charge < -0.3 is 9.57 Å². The minimum Gasteiger partial charge on any atom is -0.497 e. The van der Waals surface area contributed by atoms with Crippen molar-refractivity contribution in [2.75, 3.05) is 7.11 Å². The Kier molecular flexibility index (Phi) is 4.50. The predicted octanol–water partition coefficient (Wildman–Crippen LogP) is 4.16. The highest BCUT2D eigenvalue weighted by atomic mass is 16.7. The molecule has 116 valence electrons. The van der Waals surface area contributed by atoms with Crippen molar-refractivity contribution in [3.05, 3.63) is 42.0 Å². The van der Waals surface area contributed by atoms with E-state index in [1.165, 1.54) is 0 Å². The molecule has 0 radical (unpaired) electrons. The molecule has 4 nitrogen and oxygen atoms in total. The van der Waals surface area contributed by atoms with Gasteiger partial charge in [-0.25, -0.2) is 4.79 Å². The summed E-state index contributed by atoms with van der Waals surface area (Å²) in [5.74, 6) is 0.474. The van der Waals surface area contributed by atoms with Gasteiger partial charge in [0.25, 0.3) is 0 Å². The third-order valence-corrected chi connectivity index (χ3v) is 3.34. The number of benzene rings is 2. The quantitative estimate of drug-likeness (QED) is 0.485. The fraction of sp³-hybridized carbons (Fsp3) is 0.333. The minimum atomic E-state index is -0.566. The molecule has 0 saturated heterocycles. The fourth-order valence-electron chi connectivity index (χ4n) is 1.88. The van der Waals surface area contributed by atoms with Crippen LogP contribution in [0.5, 0.6) is 5.75 Å². The van der Waals surface area contributed by atoms with Crippen LogP contribution in [0.4, 0.5) is 0 Å². The van der Waals surface area contributed by atoms with Crippen LogP contribution in [0, 0.1) is 5.41 Å².